The first kappa shape index (κ1) is 14.7. The number of nitrogens with zero attached hydrogens (tertiary/aromatic N) is 1. The van der Waals surface area contributed by atoms with Crippen LogP contribution < -0.4 is 0 Å². The summed E-state index contributed by atoms with van der Waals surface area (Å²) in [5, 5.41) is 0. The van der Waals surface area contributed by atoms with Gasteiger partial charge >= 0.3 is 12.2 Å². The van der Waals surface area contributed by atoms with Gasteiger partial charge in [0.05, 0.1) is 7.11 Å². The van der Waals surface area contributed by atoms with Crippen LogP contribution in [0.1, 0.15) is 40.5 Å². The van der Waals surface area contributed by atoms with Gasteiger partial charge in [-0.1, -0.05) is 13.3 Å². The molecule has 2 amide bonds. The number of unbranched alkanes of at least 4 members (excludes halogenated alkanes) is 1. The third-order valence-corrected chi connectivity index (χ3v) is 1.74. The number of hydrogen-bond acceptors (Lipinski definition) is 4. The fourth-order valence-electron chi connectivity index (χ4n) is 1.00. The minimum atomic E-state index is -0.678. The van der Waals surface area contributed by atoms with E-state index in [1.165, 1.54) is 7.11 Å². The van der Waals surface area contributed by atoms with Gasteiger partial charge in [-0.3, -0.25) is 0 Å². The maximum Gasteiger partial charge on any atom is 0.419 e. The zero-order valence-electron chi connectivity index (χ0n) is 10.7. The molecule has 94 valence electrons. The summed E-state index contributed by atoms with van der Waals surface area (Å²) >= 11 is 0. The summed E-state index contributed by atoms with van der Waals surface area (Å²) in [6.45, 7) is 7.54. The van der Waals surface area contributed by atoms with Crippen LogP contribution in [0.2, 0.25) is 0 Å². The maximum atomic E-state index is 11.7. The van der Waals surface area contributed by atoms with E-state index in [1.807, 2.05) is 6.92 Å². The predicted octanol–water partition coefficient (Wildman–Crippen LogP) is 2.79. The molecule has 0 unspecified atom stereocenters. The lowest BCUT2D eigenvalue weighted by Crippen LogP contribution is -2.41. The van der Waals surface area contributed by atoms with Crippen LogP contribution in [-0.2, 0) is 9.47 Å². The second kappa shape index (κ2) is 6.35. The number of amides is 2. The van der Waals surface area contributed by atoms with Crippen LogP contribution in [-0.4, -0.2) is 36.3 Å². The average molecular weight is 231 g/mol. The molecule has 5 heteroatoms. The van der Waals surface area contributed by atoms with Crippen LogP contribution in [0.4, 0.5) is 9.59 Å². The number of methoxy groups -OCH3 is 1. The van der Waals surface area contributed by atoms with E-state index >= 15 is 0 Å². The van der Waals surface area contributed by atoms with Gasteiger partial charge in [-0.15, -0.1) is 0 Å². The van der Waals surface area contributed by atoms with E-state index in [9.17, 15) is 9.59 Å². The molecular weight excluding hydrogens is 210 g/mol. The summed E-state index contributed by atoms with van der Waals surface area (Å²) in [6.07, 6.45) is 0.278. The van der Waals surface area contributed by atoms with Crippen LogP contribution >= 0.6 is 0 Å². The summed E-state index contributed by atoms with van der Waals surface area (Å²) in [6, 6.07) is 0. The summed E-state index contributed by atoms with van der Waals surface area (Å²) in [7, 11) is 1.24. The molecule has 0 bridgehead atoms. The summed E-state index contributed by atoms with van der Waals surface area (Å²) < 4.78 is 9.64. The summed E-state index contributed by atoms with van der Waals surface area (Å²) in [4.78, 5) is 24.0. The second-order valence-corrected chi connectivity index (χ2v) is 4.46. The lowest BCUT2D eigenvalue weighted by atomic mass is 10.2. The first-order valence-corrected chi connectivity index (χ1v) is 5.40. The largest absolute Gasteiger partial charge is 0.452 e. The third kappa shape index (κ3) is 5.58. The van der Waals surface area contributed by atoms with Gasteiger partial charge < -0.3 is 9.47 Å². The summed E-state index contributed by atoms with van der Waals surface area (Å²) in [5.41, 5.74) is -0.616. The maximum absolute atomic E-state index is 11.7. The second-order valence-electron chi connectivity index (χ2n) is 4.46. The molecule has 0 aliphatic carbocycles. The van der Waals surface area contributed by atoms with E-state index in [0.717, 1.165) is 17.7 Å². The first-order chi connectivity index (χ1) is 7.31. The normalized spacial score (nSPS) is 10.8. The predicted molar refractivity (Wildman–Crippen MR) is 60.3 cm³/mol. The smallest absolute Gasteiger partial charge is 0.419 e. The zero-order chi connectivity index (χ0) is 12.8. The highest BCUT2D eigenvalue weighted by atomic mass is 16.6. The molecule has 0 aliphatic rings. The number of ether oxygens (including phenoxy) is 2. The van der Waals surface area contributed by atoms with Gasteiger partial charge in [-0.2, -0.15) is 0 Å². The van der Waals surface area contributed by atoms with E-state index in [0.29, 0.717) is 6.54 Å². The van der Waals surface area contributed by atoms with E-state index in [1.54, 1.807) is 20.8 Å². The highest BCUT2D eigenvalue weighted by Gasteiger charge is 2.27. The van der Waals surface area contributed by atoms with Crippen molar-refractivity contribution in [1.82, 2.24) is 4.90 Å². The van der Waals surface area contributed by atoms with E-state index in [4.69, 9.17) is 4.74 Å². The Labute approximate surface area is 96.7 Å². The van der Waals surface area contributed by atoms with E-state index in [2.05, 4.69) is 4.74 Å². The van der Waals surface area contributed by atoms with Crippen LogP contribution in [0.15, 0.2) is 0 Å². The molecule has 0 radical (unpaired) electrons. The van der Waals surface area contributed by atoms with Gasteiger partial charge in [0, 0.05) is 6.54 Å². The van der Waals surface area contributed by atoms with Crippen molar-refractivity contribution < 1.29 is 19.1 Å². The topological polar surface area (TPSA) is 55.8 Å². The first-order valence-electron chi connectivity index (χ1n) is 5.40. The quantitative estimate of drug-likeness (QED) is 0.749. The zero-order valence-corrected chi connectivity index (χ0v) is 10.7. The van der Waals surface area contributed by atoms with Crippen molar-refractivity contribution in [2.75, 3.05) is 13.7 Å². The third-order valence-electron chi connectivity index (χ3n) is 1.74. The van der Waals surface area contributed by atoms with Gasteiger partial charge in [-0.05, 0) is 27.2 Å². The van der Waals surface area contributed by atoms with Crippen molar-refractivity contribution in [3.05, 3.63) is 0 Å². The van der Waals surface area contributed by atoms with Crippen molar-refractivity contribution in [2.45, 2.75) is 46.1 Å². The molecule has 0 saturated carbocycles. The molecule has 0 aliphatic heterocycles. The van der Waals surface area contributed by atoms with Crippen molar-refractivity contribution in [2.24, 2.45) is 0 Å². The Hall–Kier alpha value is -1.26. The average Bonchev–Trinajstić information content (AvgIpc) is 2.15. The molecule has 0 aromatic rings. The van der Waals surface area contributed by atoms with Gasteiger partial charge in [0.25, 0.3) is 0 Å². The lowest BCUT2D eigenvalue weighted by Gasteiger charge is -2.25. The molecule has 0 heterocycles. The van der Waals surface area contributed by atoms with Crippen LogP contribution in [0, 0.1) is 0 Å². The molecule has 0 N–H and O–H groups in total. The van der Waals surface area contributed by atoms with Gasteiger partial charge in [0.1, 0.15) is 5.60 Å². The fraction of sp³-hybridized carbons (Fsp3) is 0.818. The SMILES string of the molecule is CCCCN(C(=O)OC)C(=O)OC(C)(C)C. The number of hydrogen-bond donors (Lipinski definition) is 0. The molecule has 0 fully saturated rings. The monoisotopic (exact) mass is 231 g/mol. The number of rotatable bonds is 3. The van der Waals surface area contributed by atoms with Crippen molar-refractivity contribution in [3.8, 4) is 0 Å². The molecule has 0 rings (SSSR count). The molecule has 0 spiro atoms. The minimum Gasteiger partial charge on any atom is -0.452 e. The fourth-order valence-corrected chi connectivity index (χ4v) is 1.00. The number of carbonyl (C=O) groups is 2. The van der Waals surface area contributed by atoms with Crippen molar-refractivity contribution >= 4 is 12.2 Å². The molecule has 16 heavy (non-hydrogen) atoms. The minimum absolute atomic E-state index is 0.318. The van der Waals surface area contributed by atoms with Gasteiger partial charge in [0.2, 0.25) is 0 Å². The standard InChI is InChI=1S/C11H21NO4/c1-6-7-8-12(9(13)15-5)10(14)16-11(2,3)4/h6-8H2,1-5H3. The Morgan fingerprint density at radius 3 is 2.12 bits per heavy atom. The van der Waals surface area contributed by atoms with Crippen molar-refractivity contribution in [3.63, 3.8) is 0 Å². The van der Waals surface area contributed by atoms with E-state index < -0.39 is 17.8 Å². The van der Waals surface area contributed by atoms with Gasteiger partial charge in [-0.25, -0.2) is 14.5 Å². The molecule has 0 saturated heterocycles. The van der Waals surface area contributed by atoms with Gasteiger partial charge in [0.15, 0.2) is 0 Å². The summed E-state index contributed by atoms with van der Waals surface area (Å²) in [5.74, 6) is 0. The van der Waals surface area contributed by atoms with E-state index in [-0.39, 0.29) is 0 Å². The Balaban J connectivity index is 4.50. The number of carbonyl (C=O) groups excluding carboxylic acids is 2. The Bertz CT molecular complexity index is 245. The van der Waals surface area contributed by atoms with Crippen LogP contribution in [0.3, 0.4) is 0 Å². The molecule has 0 atom stereocenters. The molecular formula is C11H21NO4. The highest BCUT2D eigenvalue weighted by Crippen LogP contribution is 2.11. The number of imide groups is 1. The molecule has 0 aromatic carbocycles. The van der Waals surface area contributed by atoms with Crippen LogP contribution in [0.25, 0.3) is 0 Å². The van der Waals surface area contributed by atoms with Crippen LogP contribution in [0.5, 0.6) is 0 Å². The molecule has 0 aromatic heterocycles. The highest BCUT2D eigenvalue weighted by molar-refractivity contribution is 5.87. The lowest BCUT2D eigenvalue weighted by molar-refractivity contribution is 0.0244. The Morgan fingerprint density at radius 1 is 1.19 bits per heavy atom. The van der Waals surface area contributed by atoms with Crippen molar-refractivity contribution in [1.29, 1.82) is 0 Å². The Kier molecular flexibility index (Phi) is 5.85. The molecule has 5 nitrogen and oxygen atoms in total. The Morgan fingerprint density at radius 2 is 1.75 bits per heavy atom.